The van der Waals surface area contributed by atoms with E-state index in [0.717, 1.165) is 17.9 Å². The first kappa shape index (κ1) is 24.3. The average Bonchev–Trinajstić information content (AvgIpc) is 3.21. The summed E-state index contributed by atoms with van der Waals surface area (Å²) in [5.74, 6) is 0.383. The highest BCUT2D eigenvalue weighted by molar-refractivity contribution is 7.89. The number of fused-ring (bicyclic) bond motifs is 1. The van der Waals surface area contributed by atoms with Gasteiger partial charge in [0.1, 0.15) is 16.2 Å². The average molecular weight is 512 g/mol. The Bertz CT molecular complexity index is 1530. The minimum absolute atomic E-state index is 0.0322. The van der Waals surface area contributed by atoms with Crippen LogP contribution in [0.25, 0.3) is 28.1 Å². The number of rotatable bonds is 8. The van der Waals surface area contributed by atoms with Crippen LogP contribution in [-0.2, 0) is 16.4 Å². The second kappa shape index (κ2) is 9.60. The first-order valence-electron chi connectivity index (χ1n) is 12.1. The predicted octanol–water partition coefficient (Wildman–Crippen LogP) is 1.88. The van der Waals surface area contributed by atoms with E-state index in [1.165, 1.54) is 16.6 Å². The van der Waals surface area contributed by atoms with Gasteiger partial charge in [0.05, 0.1) is 29.8 Å². The van der Waals surface area contributed by atoms with Crippen molar-refractivity contribution in [3.63, 3.8) is 0 Å². The van der Waals surface area contributed by atoms with Gasteiger partial charge in [0, 0.05) is 26.2 Å². The Morgan fingerprint density at radius 2 is 1.86 bits per heavy atom. The lowest BCUT2D eigenvalue weighted by molar-refractivity contribution is 0.196. The largest absolute Gasteiger partial charge is 0.477 e. The van der Waals surface area contributed by atoms with E-state index in [1.54, 1.807) is 4.68 Å². The van der Waals surface area contributed by atoms with Gasteiger partial charge in [-0.2, -0.15) is 9.40 Å². The standard InChI is InChI=1S/C24H29N7O4S/c1-4-19-20-21(28-31(19)16-8-7-9-16)23(32)27-22(26-20)18-14-17(15-25-24(18)35-6-3)36(33,34)30-12-10-29(5-2)11-13-30/h7-9,14-15H,4-6,10-13H2,1-3H3,(H,26,27,32). The lowest BCUT2D eigenvalue weighted by Crippen LogP contribution is -2.48. The van der Waals surface area contributed by atoms with Crippen LogP contribution in [0.2, 0.25) is 0 Å². The number of ether oxygens (including phenoxy) is 1. The number of hydrogen-bond donors (Lipinski definition) is 1. The van der Waals surface area contributed by atoms with Crippen molar-refractivity contribution in [3.05, 3.63) is 46.5 Å². The second-order valence-electron chi connectivity index (χ2n) is 8.57. The molecule has 11 nitrogen and oxygen atoms in total. The van der Waals surface area contributed by atoms with Crippen LogP contribution in [0.3, 0.4) is 0 Å². The summed E-state index contributed by atoms with van der Waals surface area (Å²) in [5.41, 5.74) is 2.24. The van der Waals surface area contributed by atoms with Crippen LogP contribution in [0, 0.1) is 0 Å². The van der Waals surface area contributed by atoms with Gasteiger partial charge in [-0.3, -0.25) is 4.79 Å². The van der Waals surface area contributed by atoms with Crippen molar-refractivity contribution in [3.8, 4) is 17.3 Å². The van der Waals surface area contributed by atoms with E-state index in [0.29, 0.717) is 50.3 Å². The van der Waals surface area contributed by atoms with Crippen molar-refractivity contribution < 1.29 is 13.2 Å². The summed E-state index contributed by atoms with van der Waals surface area (Å²) in [5, 5.41) is 4.47. The van der Waals surface area contributed by atoms with Crippen molar-refractivity contribution in [1.29, 1.82) is 0 Å². The fourth-order valence-electron chi connectivity index (χ4n) is 4.43. The summed E-state index contributed by atoms with van der Waals surface area (Å²) in [6.07, 6.45) is 7.62. The lowest BCUT2D eigenvalue weighted by atomic mass is 10.2. The number of likely N-dealkylation sites (N-methyl/N-ethyl adjacent to an activating group) is 1. The number of H-pyrrole nitrogens is 1. The fraction of sp³-hybridized carbons (Fsp3) is 0.417. The molecule has 1 saturated heterocycles. The zero-order chi connectivity index (χ0) is 25.4. The van der Waals surface area contributed by atoms with Crippen LogP contribution in [0.5, 0.6) is 5.88 Å². The van der Waals surface area contributed by atoms with Gasteiger partial charge in [-0.05, 0) is 38.1 Å². The van der Waals surface area contributed by atoms with E-state index in [4.69, 9.17) is 9.72 Å². The van der Waals surface area contributed by atoms with Gasteiger partial charge in [-0.1, -0.05) is 19.9 Å². The number of nitrogens with one attached hydrogen (secondary N) is 1. The van der Waals surface area contributed by atoms with Crippen LogP contribution in [-0.4, -0.2) is 81.7 Å². The first-order valence-corrected chi connectivity index (χ1v) is 13.6. The van der Waals surface area contributed by atoms with E-state index in [2.05, 4.69) is 26.9 Å². The highest BCUT2D eigenvalue weighted by Gasteiger charge is 2.30. The number of pyridine rings is 1. The molecule has 0 radical (unpaired) electrons. The zero-order valence-corrected chi connectivity index (χ0v) is 21.4. The highest BCUT2D eigenvalue weighted by atomic mass is 32.2. The first-order chi connectivity index (χ1) is 17.4. The summed E-state index contributed by atoms with van der Waals surface area (Å²) in [6.45, 7) is 9.20. The van der Waals surface area contributed by atoms with Gasteiger partial charge in [-0.25, -0.2) is 23.1 Å². The molecular weight excluding hydrogens is 482 g/mol. The minimum atomic E-state index is -3.79. The predicted molar refractivity (Wildman–Crippen MR) is 136 cm³/mol. The van der Waals surface area contributed by atoms with Gasteiger partial charge in [0.2, 0.25) is 15.9 Å². The molecule has 0 amide bonds. The third-order valence-electron chi connectivity index (χ3n) is 6.52. The minimum Gasteiger partial charge on any atom is -0.477 e. The van der Waals surface area contributed by atoms with Crippen LogP contribution in [0.1, 0.15) is 26.5 Å². The van der Waals surface area contributed by atoms with Crippen molar-refractivity contribution in [2.24, 2.45) is 0 Å². The Kier molecular flexibility index (Phi) is 6.49. The Labute approximate surface area is 209 Å². The maximum atomic E-state index is 13.4. The molecule has 5 rings (SSSR count). The maximum absolute atomic E-state index is 13.4. The Morgan fingerprint density at radius 3 is 2.47 bits per heavy atom. The maximum Gasteiger partial charge on any atom is 0.279 e. The van der Waals surface area contributed by atoms with Crippen molar-refractivity contribution in [1.82, 2.24) is 33.9 Å². The SMILES string of the molecule is CCOc1ncc(S(=O)(=O)N2CCN(CC)CC2)cc1-c1nc2c(CC)n(C3=CC=C3)nc2c(=O)[nH]1. The molecule has 3 aromatic heterocycles. The molecule has 3 aromatic rings. The molecule has 2 aliphatic rings. The van der Waals surface area contributed by atoms with Crippen LogP contribution in [0.4, 0.5) is 0 Å². The number of nitrogens with zero attached hydrogens (tertiary/aromatic N) is 6. The van der Waals surface area contributed by atoms with E-state index < -0.39 is 15.6 Å². The number of allylic oxidation sites excluding steroid dienone is 4. The number of aromatic amines is 1. The molecule has 0 saturated carbocycles. The summed E-state index contributed by atoms with van der Waals surface area (Å²) < 4.78 is 35.8. The van der Waals surface area contributed by atoms with E-state index >= 15 is 0 Å². The number of aryl methyl sites for hydroxylation is 1. The van der Waals surface area contributed by atoms with Crippen LogP contribution < -0.4 is 10.3 Å². The van der Waals surface area contributed by atoms with Crippen LogP contribution in [0.15, 0.2) is 40.2 Å². The van der Waals surface area contributed by atoms with Crippen molar-refractivity contribution in [2.75, 3.05) is 39.3 Å². The molecule has 0 spiro atoms. The Morgan fingerprint density at radius 1 is 1.11 bits per heavy atom. The molecular formula is C24H29N7O4S. The van der Waals surface area contributed by atoms with Gasteiger partial charge < -0.3 is 14.6 Å². The van der Waals surface area contributed by atoms with Crippen molar-refractivity contribution in [2.45, 2.75) is 32.1 Å². The highest BCUT2D eigenvalue weighted by Crippen LogP contribution is 2.31. The van der Waals surface area contributed by atoms with Crippen LogP contribution >= 0.6 is 0 Å². The van der Waals surface area contributed by atoms with E-state index in [-0.39, 0.29) is 22.1 Å². The number of aromatic nitrogens is 5. The summed E-state index contributed by atoms with van der Waals surface area (Å²) in [6, 6.07) is 1.48. The molecule has 190 valence electrons. The molecule has 1 aliphatic heterocycles. The fourth-order valence-corrected chi connectivity index (χ4v) is 5.83. The molecule has 1 fully saturated rings. The van der Waals surface area contributed by atoms with Gasteiger partial charge in [-0.15, -0.1) is 0 Å². The monoisotopic (exact) mass is 511 g/mol. The summed E-state index contributed by atoms with van der Waals surface area (Å²) in [7, 11) is -3.79. The Balaban J connectivity index is 1.61. The van der Waals surface area contributed by atoms with Crippen molar-refractivity contribution >= 4 is 26.8 Å². The van der Waals surface area contributed by atoms with E-state index in [9.17, 15) is 13.2 Å². The molecule has 4 heterocycles. The number of sulfonamides is 1. The molecule has 0 unspecified atom stereocenters. The van der Waals surface area contributed by atoms with Gasteiger partial charge in [0.15, 0.2) is 5.52 Å². The molecule has 0 aromatic carbocycles. The zero-order valence-electron chi connectivity index (χ0n) is 20.6. The van der Waals surface area contributed by atoms with E-state index in [1.807, 2.05) is 32.1 Å². The summed E-state index contributed by atoms with van der Waals surface area (Å²) in [4.78, 5) is 27.1. The molecule has 1 aliphatic carbocycles. The van der Waals surface area contributed by atoms with Gasteiger partial charge >= 0.3 is 0 Å². The number of hydrogen-bond acceptors (Lipinski definition) is 8. The van der Waals surface area contributed by atoms with Gasteiger partial charge in [0.25, 0.3) is 5.56 Å². The normalized spacial score (nSPS) is 16.8. The Hall–Kier alpha value is -3.35. The lowest BCUT2D eigenvalue weighted by Gasteiger charge is -2.33. The topological polar surface area (TPSA) is 126 Å². The smallest absolute Gasteiger partial charge is 0.279 e. The molecule has 0 bridgehead atoms. The summed E-state index contributed by atoms with van der Waals surface area (Å²) >= 11 is 0. The molecule has 0 atom stereocenters. The quantitative estimate of drug-likeness (QED) is 0.486. The second-order valence-corrected chi connectivity index (χ2v) is 10.5. The third kappa shape index (κ3) is 4.14. The third-order valence-corrected chi connectivity index (χ3v) is 8.38. The molecule has 36 heavy (non-hydrogen) atoms. The molecule has 12 heteroatoms. The number of piperazine rings is 1. The molecule has 1 N–H and O–H groups in total.